The minimum atomic E-state index is -0.478. The molecular weight excluding hydrogens is 296 g/mol. The lowest BCUT2D eigenvalue weighted by atomic mass is 10.1. The molecule has 0 spiro atoms. The SMILES string of the molecule is CC(C)n1ncc(Br)c1C(O)CCC1CCCO1. The predicted molar refractivity (Wildman–Crippen MR) is 73.5 cm³/mol. The average molecular weight is 317 g/mol. The van der Waals surface area contributed by atoms with Gasteiger partial charge in [-0.15, -0.1) is 0 Å². The molecule has 0 saturated carbocycles. The van der Waals surface area contributed by atoms with Crippen LogP contribution in [0.25, 0.3) is 0 Å². The minimum Gasteiger partial charge on any atom is -0.387 e. The monoisotopic (exact) mass is 316 g/mol. The summed E-state index contributed by atoms with van der Waals surface area (Å²) < 4.78 is 8.35. The second-order valence-electron chi connectivity index (χ2n) is 5.14. The number of aliphatic hydroxyl groups excluding tert-OH is 1. The number of nitrogens with zero attached hydrogens (tertiary/aromatic N) is 2. The molecule has 1 aliphatic heterocycles. The van der Waals surface area contributed by atoms with E-state index < -0.39 is 6.10 Å². The first-order chi connectivity index (χ1) is 8.59. The molecule has 0 amide bonds. The van der Waals surface area contributed by atoms with Crippen molar-refractivity contribution < 1.29 is 9.84 Å². The fourth-order valence-electron chi connectivity index (χ4n) is 2.43. The summed E-state index contributed by atoms with van der Waals surface area (Å²) in [5.74, 6) is 0. The van der Waals surface area contributed by atoms with E-state index >= 15 is 0 Å². The highest BCUT2D eigenvalue weighted by atomic mass is 79.9. The third-order valence-electron chi connectivity index (χ3n) is 3.38. The molecule has 1 N–H and O–H groups in total. The molecule has 18 heavy (non-hydrogen) atoms. The van der Waals surface area contributed by atoms with E-state index in [0.717, 1.165) is 42.5 Å². The Bertz CT molecular complexity index is 386. The predicted octanol–water partition coefficient (Wildman–Crippen LogP) is 3.22. The Morgan fingerprint density at radius 3 is 3.00 bits per heavy atom. The number of rotatable bonds is 5. The average Bonchev–Trinajstić information content (AvgIpc) is 2.94. The molecule has 1 aromatic heterocycles. The summed E-state index contributed by atoms with van der Waals surface area (Å²) in [5, 5.41) is 14.6. The van der Waals surface area contributed by atoms with Crippen LogP contribution in [-0.4, -0.2) is 27.6 Å². The van der Waals surface area contributed by atoms with Gasteiger partial charge in [0.15, 0.2) is 0 Å². The molecule has 0 aromatic carbocycles. The van der Waals surface area contributed by atoms with Crippen LogP contribution in [0.3, 0.4) is 0 Å². The van der Waals surface area contributed by atoms with Crippen LogP contribution in [0.15, 0.2) is 10.7 Å². The molecule has 2 rings (SSSR count). The van der Waals surface area contributed by atoms with Crippen molar-refractivity contribution in [3.63, 3.8) is 0 Å². The largest absolute Gasteiger partial charge is 0.387 e. The summed E-state index contributed by atoms with van der Waals surface area (Å²) >= 11 is 3.46. The van der Waals surface area contributed by atoms with Crippen molar-refractivity contribution in [3.8, 4) is 0 Å². The fraction of sp³-hybridized carbons (Fsp3) is 0.769. The maximum atomic E-state index is 10.3. The van der Waals surface area contributed by atoms with Crippen LogP contribution in [0, 0.1) is 0 Å². The molecule has 102 valence electrons. The van der Waals surface area contributed by atoms with Crippen LogP contribution in [0.5, 0.6) is 0 Å². The van der Waals surface area contributed by atoms with E-state index in [1.54, 1.807) is 6.20 Å². The Kier molecular flexibility index (Phi) is 4.81. The number of aromatic nitrogens is 2. The Labute approximate surface area is 116 Å². The zero-order valence-corrected chi connectivity index (χ0v) is 12.6. The molecule has 1 aliphatic rings. The first kappa shape index (κ1) is 14.0. The number of halogens is 1. The Morgan fingerprint density at radius 2 is 2.39 bits per heavy atom. The molecule has 1 aromatic rings. The molecule has 2 heterocycles. The second-order valence-corrected chi connectivity index (χ2v) is 6.00. The lowest BCUT2D eigenvalue weighted by molar-refractivity contribution is 0.0783. The highest BCUT2D eigenvalue weighted by Gasteiger charge is 2.22. The molecular formula is C13H21BrN2O2. The molecule has 2 unspecified atom stereocenters. The van der Waals surface area contributed by atoms with Crippen molar-refractivity contribution in [2.24, 2.45) is 0 Å². The van der Waals surface area contributed by atoms with Crippen molar-refractivity contribution in [2.45, 2.75) is 57.8 Å². The quantitative estimate of drug-likeness (QED) is 0.907. The van der Waals surface area contributed by atoms with E-state index in [4.69, 9.17) is 4.74 Å². The van der Waals surface area contributed by atoms with Gasteiger partial charge in [0.1, 0.15) is 0 Å². The first-order valence-corrected chi connectivity index (χ1v) is 7.41. The number of hydrogen-bond donors (Lipinski definition) is 1. The van der Waals surface area contributed by atoms with Gasteiger partial charge in [-0.05, 0) is 55.5 Å². The summed E-state index contributed by atoms with van der Waals surface area (Å²) in [6, 6.07) is 0.253. The van der Waals surface area contributed by atoms with Gasteiger partial charge in [0.25, 0.3) is 0 Å². The number of hydrogen-bond acceptors (Lipinski definition) is 3. The fourth-order valence-corrected chi connectivity index (χ4v) is 2.96. The molecule has 1 saturated heterocycles. The van der Waals surface area contributed by atoms with Crippen LogP contribution in [0.1, 0.15) is 57.4 Å². The summed E-state index contributed by atoms with van der Waals surface area (Å²) in [6.07, 6.45) is 5.51. The van der Waals surface area contributed by atoms with E-state index in [1.807, 2.05) is 4.68 Å². The molecule has 0 radical (unpaired) electrons. The molecule has 0 aliphatic carbocycles. The molecule has 2 atom stereocenters. The summed E-state index contributed by atoms with van der Waals surface area (Å²) in [7, 11) is 0. The molecule has 1 fully saturated rings. The Hall–Kier alpha value is -0.390. The smallest absolute Gasteiger partial charge is 0.0969 e. The van der Waals surface area contributed by atoms with Crippen molar-refractivity contribution in [1.82, 2.24) is 9.78 Å². The summed E-state index contributed by atoms with van der Waals surface area (Å²) in [4.78, 5) is 0. The van der Waals surface area contributed by atoms with E-state index in [1.165, 1.54) is 0 Å². The van der Waals surface area contributed by atoms with Gasteiger partial charge in [-0.2, -0.15) is 5.10 Å². The molecule has 5 heteroatoms. The van der Waals surface area contributed by atoms with Gasteiger partial charge in [0, 0.05) is 12.6 Å². The van der Waals surface area contributed by atoms with Crippen molar-refractivity contribution in [2.75, 3.05) is 6.61 Å². The van der Waals surface area contributed by atoms with Gasteiger partial charge in [0.05, 0.1) is 28.6 Å². The van der Waals surface area contributed by atoms with E-state index in [9.17, 15) is 5.11 Å². The third-order valence-corrected chi connectivity index (χ3v) is 3.99. The highest BCUT2D eigenvalue weighted by molar-refractivity contribution is 9.10. The van der Waals surface area contributed by atoms with E-state index in [-0.39, 0.29) is 6.04 Å². The maximum absolute atomic E-state index is 10.3. The zero-order chi connectivity index (χ0) is 13.1. The van der Waals surface area contributed by atoms with Gasteiger partial charge in [-0.3, -0.25) is 4.68 Å². The lowest BCUT2D eigenvalue weighted by Gasteiger charge is -2.18. The third kappa shape index (κ3) is 3.13. The van der Waals surface area contributed by atoms with Gasteiger partial charge >= 0.3 is 0 Å². The maximum Gasteiger partial charge on any atom is 0.0969 e. The van der Waals surface area contributed by atoms with Crippen LogP contribution >= 0.6 is 15.9 Å². The van der Waals surface area contributed by atoms with Gasteiger partial charge in [-0.1, -0.05) is 0 Å². The number of ether oxygens (including phenoxy) is 1. The second kappa shape index (κ2) is 6.17. The van der Waals surface area contributed by atoms with Crippen LogP contribution < -0.4 is 0 Å². The lowest BCUT2D eigenvalue weighted by Crippen LogP contribution is -2.14. The topological polar surface area (TPSA) is 47.3 Å². The van der Waals surface area contributed by atoms with Gasteiger partial charge in [0.2, 0.25) is 0 Å². The minimum absolute atomic E-state index is 0.253. The first-order valence-electron chi connectivity index (χ1n) is 6.62. The van der Waals surface area contributed by atoms with Crippen molar-refractivity contribution in [3.05, 3.63) is 16.4 Å². The van der Waals surface area contributed by atoms with Crippen LogP contribution in [-0.2, 0) is 4.74 Å². The van der Waals surface area contributed by atoms with Gasteiger partial charge < -0.3 is 9.84 Å². The van der Waals surface area contributed by atoms with Crippen LogP contribution in [0.2, 0.25) is 0 Å². The zero-order valence-electron chi connectivity index (χ0n) is 11.0. The normalized spacial score (nSPS) is 21.7. The Morgan fingerprint density at radius 1 is 1.61 bits per heavy atom. The molecule has 0 bridgehead atoms. The summed E-state index contributed by atoms with van der Waals surface area (Å²) in [6.45, 7) is 5.00. The molecule has 4 nitrogen and oxygen atoms in total. The number of aliphatic hydroxyl groups is 1. The summed E-state index contributed by atoms with van der Waals surface area (Å²) in [5.41, 5.74) is 0.878. The standard InChI is InChI=1S/C13H21BrN2O2/c1-9(2)16-13(11(14)8-15-16)12(17)6-5-10-4-3-7-18-10/h8-10,12,17H,3-7H2,1-2H3. The van der Waals surface area contributed by atoms with Crippen molar-refractivity contribution >= 4 is 15.9 Å². The Balaban J connectivity index is 1.98. The van der Waals surface area contributed by atoms with Gasteiger partial charge in [-0.25, -0.2) is 0 Å². The van der Waals surface area contributed by atoms with Crippen molar-refractivity contribution in [1.29, 1.82) is 0 Å². The highest BCUT2D eigenvalue weighted by Crippen LogP contribution is 2.30. The van der Waals surface area contributed by atoms with E-state index in [2.05, 4.69) is 34.9 Å². The van der Waals surface area contributed by atoms with E-state index in [0.29, 0.717) is 6.10 Å². The van der Waals surface area contributed by atoms with Crippen LogP contribution in [0.4, 0.5) is 0 Å².